The lowest BCUT2D eigenvalue weighted by molar-refractivity contribution is -0.335. The molecule has 0 N–H and O–H groups in total. The molecule has 0 bridgehead atoms. The molecule has 1 saturated heterocycles. The standard InChI is InChI=1S/C4H8FNO2/c5-8-6-1-3-7-4-2-6/h1-4H2. The molecule has 0 radical (unpaired) electrons. The molecule has 1 heterocycles. The molecule has 0 spiro atoms. The Morgan fingerprint density at radius 1 is 1.38 bits per heavy atom. The Kier molecular flexibility index (Phi) is 2.20. The summed E-state index contributed by atoms with van der Waals surface area (Å²) in [5, 5.41) is 4.67. The average Bonchev–Trinajstić information content (AvgIpc) is 1.90. The van der Waals surface area contributed by atoms with Crippen LogP contribution in [0.4, 0.5) is 4.53 Å². The second-order valence-corrected chi connectivity index (χ2v) is 1.61. The highest BCUT2D eigenvalue weighted by Gasteiger charge is 2.09. The first-order valence-corrected chi connectivity index (χ1v) is 2.55. The minimum absolute atomic E-state index is 0.524. The minimum Gasteiger partial charge on any atom is -0.379 e. The number of hydrogen-bond acceptors (Lipinski definition) is 3. The van der Waals surface area contributed by atoms with Crippen molar-refractivity contribution in [3.63, 3.8) is 0 Å². The molecular weight excluding hydrogens is 113 g/mol. The van der Waals surface area contributed by atoms with E-state index in [4.69, 9.17) is 4.74 Å². The van der Waals surface area contributed by atoms with Crippen molar-refractivity contribution in [1.82, 2.24) is 5.06 Å². The Balaban J connectivity index is 2.13. The molecule has 0 aliphatic carbocycles. The fourth-order valence-electron chi connectivity index (χ4n) is 0.616. The lowest BCUT2D eigenvalue weighted by Gasteiger charge is -2.20. The summed E-state index contributed by atoms with van der Waals surface area (Å²) < 4.78 is 16.2. The van der Waals surface area contributed by atoms with Crippen molar-refractivity contribution < 1.29 is 14.3 Å². The number of hydrogen-bond donors (Lipinski definition) is 0. The van der Waals surface area contributed by atoms with Gasteiger partial charge < -0.3 is 4.74 Å². The number of ether oxygens (including phenoxy) is 1. The molecule has 1 aliphatic heterocycles. The van der Waals surface area contributed by atoms with Gasteiger partial charge in [-0.1, -0.05) is 5.04 Å². The molecule has 0 amide bonds. The van der Waals surface area contributed by atoms with E-state index >= 15 is 0 Å². The van der Waals surface area contributed by atoms with Gasteiger partial charge in [0.1, 0.15) is 0 Å². The molecule has 0 unspecified atom stereocenters. The van der Waals surface area contributed by atoms with E-state index in [1.807, 2.05) is 0 Å². The van der Waals surface area contributed by atoms with Crippen molar-refractivity contribution >= 4 is 0 Å². The van der Waals surface area contributed by atoms with Crippen molar-refractivity contribution in [2.24, 2.45) is 0 Å². The van der Waals surface area contributed by atoms with Crippen molar-refractivity contribution in [3.8, 4) is 0 Å². The van der Waals surface area contributed by atoms with Crippen LogP contribution in [0.2, 0.25) is 0 Å². The SMILES string of the molecule is FON1CCOCC1. The van der Waals surface area contributed by atoms with Gasteiger partial charge in [0.2, 0.25) is 0 Å². The van der Waals surface area contributed by atoms with Crippen molar-refractivity contribution in [2.45, 2.75) is 0 Å². The fourth-order valence-corrected chi connectivity index (χ4v) is 0.616. The average molecular weight is 121 g/mol. The van der Waals surface area contributed by atoms with Crippen molar-refractivity contribution in [2.75, 3.05) is 26.3 Å². The van der Waals surface area contributed by atoms with E-state index in [-0.39, 0.29) is 0 Å². The maximum atomic E-state index is 11.2. The molecule has 0 saturated carbocycles. The number of hydroxylamine groups is 2. The van der Waals surface area contributed by atoms with E-state index in [1.54, 1.807) is 0 Å². The van der Waals surface area contributed by atoms with E-state index < -0.39 is 0 Å². The summed E-state index contributed by atoms with van der Waals surface area (Å²) >= 11 is 0. The van der Waals surface area contributed by atoms with Gasteiger partial charge in [-0.05, 0) is 4.53 Å². The lowest BCUT2D eigenvalue weighted by atomic mass is 10.5. The van der Waals surface area contributed by atoms with Crippen LogP contribution in [0.15, 0.2) is 0 Å². The Hall–Kier alpha value is -0.190. The smallest absolute Gasteiger partial charge is 0.0618 e. The maximum Gasteiger partial charge on any atom is 0.0618 e. The van der Waals surface area contributed by atoms with Crippen molar-refractivity contribution in [3.05, 3.63) is 0 Å². The first-order chi connectivity index (χ1) is 3.93. The van der Waals surface area contributed by atoms with Crippen LogP contribution >= 0.6 is 0 Å². The van der Waals surface area contributed by atoms with Gasteiger partial charge in [-0.15, -0.1) is 5.06 Å². The molecule has 0 aromatic rings. The van der Waals surface area contributed by atoms with Gasteiger partial charge in [0.25, 0.3) is 0 Å². The Morgan fingerprint density at radius 3 is 2.38 bits per heavy atom. The highest BCUT2D eigenvalue weighted by Crippen LogP contribution is 1.96. The van der Waals surface area contributed by atoms with Gasteiger partial charge in [-0.2, -0.15) is 0 Å². The van der Waals surface area contributed by atoms with E-state index in [0.717, 1.165) is 0 Å². The predicted octanol–water partition coefficient (Wildman–Crippen LogP) is 0.135. The monoisotopic (exact) mass is 121 g/mol. The van der Waals surface area contributed by atoms with Gasteiger partial charge >= 0.3 is 0 Å². The molecule has 48 valence electrons. The first kappa shape index (κ1) is 5.94. The number of nitrogens with zero attached hydrogens (tertiary/aromatic N) is 1. The van der Waals surface area contributed by atoms with Crippen LogP contribution in [0.1, 0.15) is 0 Å². The lowest BCUT2D eigenvalue weighted by Crippen LogP contribution is -2.34. The van der Waals surface area contributed by atoms with Crippen LogP contribution in [-0.4, -0.2) is 31.4 Å². The van der Waals surface area contributed by atoms with Gasteiger partial charge in [0.15, 0.2) is 0 Å². The normalized spacial score (nSPS) is 23.6. The maximum absolute atomic E-state index is 11.2. The van der Waals surface area contributed by atoms with Crippen molar-refractivity contribution in [1.29, 1.82) is 0 Å². The summed E-state index contributed by atoms with van der Waals surface area (Å²) in [6.07, 6.45) is 0. The predicted molar refractivity (Wildman–Crippen MR) is 24.6 cm³/mol. The third-order valence-corrected chi connectivity index (χ3v) is 1.07. The fraction of sp³-hybridized carbons (Fsp3) is 1.00. The molecular formula is C4H8FNO2. The van der Waals surface area contributed by atoms with Gasteiger partial charge in [0.05, 0.1) is 26.3 Å². The van der Waals surface area contributed by atoms with Crippen LogP contribution in [-0.2, 0) is 9.78 Å². The Morgan fingerprint density at radius 2 is 2.00 bits per heavy atom. The van der Waals surface area contributed by atoms with E-state index in [1.165, 1.54) is 5.06 Å². The van der Waals surface area contributed by atoms with E-state index in [2.05, 4.69) is 5.04 Å². The summed E-state index contributed by atoms with van der Waals surface area (Å²) in [4.78, 5) is 0. The number of morpholine rings is 1. The Bertz CT molecular complexity index is 65.1. The highest BCUT2D eigenvalue weighted by atomic mass is 19.3. The zero-order chi connectivity index (χ0) is 5.82. The van der Waals surface area contributed by atoms with Gasteiger partial charge in [0, 0.05) is 0 Å². The summed E-state index contributed by atoms with van der Waals surface area (Å²) in [6.45, 7) is 2.17. The molecule has 1 rings (SSSR count). The summed E-state index contributed by atoms with van der Waals surface area (Å²) in [5.41, 5.74) is 0. The van der Waals surface area contributed by atoms with Crippen LogP contribution in [0, 0.1) is 0 Å². The second-order valence-electron chi connectivity index (χ2n) is 1.61. The summed E-state index contributed by atoms with van der Waals surface area (Å²) in [6, 6.07) is 0. The van der Waals surface area contributed by atoms with Crippen LogP contribution in [0.3, 0.4) is 0 Å². The number of halogens is 1. The molecule has 1 fully saturated rings. The zero-order valence-electron chi connectivity index (χ0n) is 4.47. The third kappa shape index (κ3) is 1.40. The summed E-state index contributed by atoms with van der Waals surface area (Å²) in [5.74, 6) is 0. The highest BCUT2D eigenvalue weighted by molar-refractivity contribution is 4.49. The Labute approximate surface area is 46.8 Å². The first-order valence-electron chi connectivity index (χ1n) is 2.55. The molecule has 0 atom stereocenters. The number of rotatable bonds is 1. The summed E-state index contributed by atoms with van der Waals surface area (Å²) in [7, 11) is 0. The molecule has 4 heteroatoms. The van der Waals surface area contributed by atoms with Gasteiger partial charge in [-0.25, -0.2) is 0 Å². The minimum atomic E-state index is 0.524. The molecule has 3 nitrogen and oxygen atoms in total. The van der Waals surface area contributed by atoms with Crippen LogP contribution in [0.5, 0.6) is 0 Å². The molecule has 0 aromatic heterocycles. The second kappa shape index (κ2) is 2.96. The van der Waals surface area contributed by atoms with Crippen LogP contribution in [0.25, 0.3) is 0 Å². The third-order valence-electron chi connectivity index (χ3n) is 1.07. The van der Waals surface area contributed by atoms with E-state index in [0.29, 0.717) is 26.3 Å². The van der Waals surface area contributed by atoms with Gasteiger partial charge in [-0.3, -0.25) is 0 Å². The molecule has 8 heavy (non-hydrogen) atoms. The largest absolute Gasteiger partial charge is 0.379 e. The van der Waals surface area contributed by atoms with Crippen LogP contribution < -0.4 is 0 Å². The molecule has 0 aromatic carbocycles. The topological polar surface area (TPSA) is 21.7 Å². The van der Waals surface area contributed by atoms with E-state index in [9.17, 15) is 4.53 Å². The molecule has 1 aliphatic rings. The zero-order valence-corrected chi connectivity index (χ0v) is 4.47. The quantitative estimate of drug-likeness (QED) is 0.492.